The summed E-state index contributed by atoms with van der Waals surface area (Å²) >= 11 is 38.5. The van der Waals surface area contributed by atoms with Gasteiger partial charge in [-0.1, -0.05) is 64.6 Å². The zero-order chi connectivity index (χ0) is 12.7. The van der Waals surface area contributed by atoms with Crippen molar-refractivity contribution in [3.8, 4) is 0 Å². The second kappa shape index (κ2) is 3.45. The first kappa shape index (κ1) is 13.2. The fourth-order valence-corrected chi connectivity index (χ4v) is 5.56. The summed E-state index contributed by atoms with van der Waals surface area (Å²) in [5, 5.41) is 0. The van der Waals surface area contributed by atoms with Gasteiger partial charge in [-0.15, -0.1) is 23.2 Å². The van der Waals surface area contributed by atoms with E-state index in [1.165, 1.54) is 0 Å². The van der Waals surface area contributed by atoms with E-state index in [2.05, 4.69) is 0 Å². The fraction of sp³-hybridized carbons (Fsp3) is 0.636. The number of allylic oxidation sites excluding steroid dienone is 4. The molecule has 0 N–H and O–H groups in total. The Hall–Kier alpha value is 1.22. The molecule has 0 aromatic rings. The van der Waals surface area contributed by atoms with Crippen LogP contribution in [0.3, 0.4) is 0 Å². The second-order valence-corrected chi connectivity index (χ2v) is 8.82. The van der Waals surface area contributed by atoms with E-state index in [9.17, 15) is 0 Å². The molecule has 3 unspecified atom stereocenters. The van der Waals surface area contributed by atoms with Crippen molar-refractivity contribution in [2.75, 3.05) is 0 Å². The zero-order valence-corrected chi connectivity index (χ0v) is 13.0. The summed E-state index contributed by atoms with van der Waals surface area (Å²) in [5.74, 6) is -0.197. The quantitative estimate of drug-likeness (QED) is 0.525. The standard InChI is InChI=1S/C11H8Cl6/c12-8-5-9(8,13)11(16,17)10(14,15)7-4-2-1-3-6(7)8/h1-3,7H,4-5H2. The normalized spacial score (nSPS) is 49.1. The first-order valence-corrected chi connectivity index (χ1v) is 7.46. The zero-order valence-electron chi connectivity index (χ0n) is 8.49. The summed E-state index contributed by atoms with van der Waals surface area (Å²) in [4.78, 5) is -1.72. The van der Waals surface area contributed by atoms with Crippen molar-refractivity contribution in [3.05, 3.63) is 23.8 Å². The maximum atomic E-state index is 6.55. The van der Waals surface area contributed by atoms with Crippen LogP contribution in [0.15, 0.2) is 23.8 Å². The smallest absolute Gasteiger partial charge is 0.113 e. The third-order valence-corrected chi connectivity index (χ3v) is 8.39. The number of alkyl halides is 6. The van der Waals surface area contributed by atoms with Crippen LogP contribution in [0.1, 0.15) is 12.8 Å². The molecular weight excluding hydrogens is 345 g/mol. The Morgan fingerprint density at radius 3 is 2.35 bits per heavy atom. The van der Waals surface area contributed by atoms with Gasteiger partial charge < -0.3 is 0 Å². The summed E-state index contributed by atoms with van der Waals surface area (Å²) in [6.45, 7) is 0. The van der Waals surface area contributed by atoms with E-state index >= 15 is 0 Å². The van der Waals surface area contributed by atoms with Gasteiger partial charge in [0.1, 0.15) is 4.87 Å². The molecule has 3 atom stereocenters. The first-order valence-electron chi connectivity index (χ1n) is 5.19. The predicted molar refractivity (Wildman–Crippen MR) is 76.0 cm³/mol. The molecule has 17 heavy (non-hydrogen) atoms. The van der Waals surface area contributed by atoms with Crippen molar-refractivity contribution in [1.29, 1.82) is 0 Å². The van der Waals surface area contributed by atoms with E-state index < -0.39 is 18.4 Å². The van der Waals surface area contributed by atoms with E-state index in [0.29, 0.717) is 12.8 Å². The number of hydrogen-bond donors (Lipinski definition) is 0. The van der Waals surface area contributed by atoms with Crippen molar-refractivity contribution in [3.63, 3.8) is 0 Å². The Bertz CT molecular complexity index is 451. The molecule has 2 fully saturated rings. The predicted octanol–water partition coefficient (Wildman–Crippen LogP) is 5.21. The highest BCUT2D eigenvalue weighted by atomic mass is 35.5. The van der Waals surface area contributed by atoms with Crippen molar-refractivity contribution in [2.45, 2.75) is 31.3 Å². The van der Waals surface area contributed by atoms with Gasteiger partial charge in [0.25, 0.3) is 0 Å². The highest BCUT2D eigenvalue weighted by Gasteiger charge is 2.85. The fourth-order valence-electron chi connectivity index (χ4n) is 2.85. The number of hydrogen-bond acceptors (Lipinski definition) is 0. The Morgan fingerprint density at radius 2 is 1.71 bits per heavy atom. The van der Waals surface area contributed by atoms with Crippen molar-refractivity contribution >= 4 is 69.6 Å². The molecule has 2 saturated carbocycles. The molecule has 0 saturated heterocycles. The molecule has 3 aliphatic rings. The van der Waals surface area contributed by atoms with Crippen LogP contribution in [0.25, 0.3) is 0 Å². The minimum absolute atomic E-state index is 0.197. The van der Waals surface area contributed by atoms with Gasteiger partial charge in [-0.25, -0.2) is 0 Å². The third-order valence-electron chi connectivity index (χ3n) is 3.96. The van der Waals surface area contributed by atoms with Gasteiger partial charge in [0.15, 0.2) is 8.67 Å². The lowest BCUT2D eigenvalue weighted by Gasteiger charge is -2.49. The van der Waals surface area contributed by atoms with Gasteiger partial charge in [0.2, 0.25) is 0 Å². The minimum atomic E-state index is -1.47. The van der Waals surface area contributed by atoms with Crippen molar-refractivity contribution < 1.29 is 0 Å². The molecule has 0 nitrogen and oxygen atoms in total. The molecule has 3 rings (SSSR count). The summed E-state index contributed by atoms with van der Waals surface area (Å²) in [5.41, 5.74) is 0.943. The Labute approximate surface area is 130 Å². The van der Waals surface area contributed by atoms with Gasteiger partial charge in [-0.3, -0.25) is 0 Å². The Morgan fingerprint density at radius 1 is 1.06 bits per heavy atom. The molecule has 6 heteroatoms. The lowest BCUT2D eigenvalue weighted by Crippen LogP contribution is -2.58. The molecule has 3 aliphatic carbocycles. The molecule has 94 valence electrons. The van der Waals surface area contributed by atoms with Crippen molar-refractivity contribution in [2.24, 2.45) is 5.92 Å². The average molecular weight is 353 g/mol. The Balaban J connectivity index is 2.20. The summed E-state index contributed by atoms with van der Waals surface area (Å²) in [6, 6.07) is 0. The molecule has 0 heterocycles. The van der Waals surface area contributed by atoms with Crippen LogP contribution < -0.4 is 0 Å². The molecular formula is C11H8Cl6. The molecule has 0 amide bonds. The van der Waals surface area contributed by atoms with Crippen molar-refractivity contribution in [1.82, 2.24) is 0 Å². The monoisotopic (exact) mass is 350 g/mol. The highest BCUT2D eigenvalue weighted by Crippen LogP contribution is 2.79. The highest BCUT2D eigenvalue weighted by molar-refractivity contribution is 6.67. The summed E-state index contributed by atoms with van der Waals surface area (Å²) in [7, 11) is 0. The van der Waals surface area contributed by atoms with E-state index in [4.69, 9.17) is 69.6 Å². The van der Waals surface area contributed by atoms with Crippen LogP contribution in [0.5, 0.6) is 0 Å². The third kappa shape index (κ3) is 1.31. The van der Waals surface area contributed by atoms with Crippen LogP contribution in [-0.4, -0.2) is 18.4 Å². The van der Waals surface area contributed by atoms with Crippen LogP contribution >= 0.6 is 69.6 Å². The summed E-state index contributed by atoms with van der Waals surface area (Å²) in [6.07, 6.45) is 6.98. The second-order valence-electron chi connectivity index (χ2n) is 4.81. The van der Waals surface area contributed by atoms with Gasteiger partial charge in [-0.05, 0) is 18.4 Å². The van der Waals surface area contributed by atoms with Gasteiger partial charge in [0, 0.05) is 5.92 Å². The van der Waals surface area contributed by atoms with E-state index in [1.54, 1.807) is 0 Å². The molecule has 0 aliphatic heterocycles. The van der Waals surface area contributed by atoms with Crippen LogP contribution in [-0.2, 0) is 0 Å². The van der Waals surface area contributed by atoms with E-state index in [0.717, 1.165) is 5.57 Å². The lowest BCUT2D eigenvalue weighted by atomic mass is 9.78. The maximum Gasteiger partial charge on any atom is 0.172 e. The minimum Gasteiger partial charge on any atom is -0.113 e. The van der Waals surface area contributed by atoms with Crippen LogP contribution in [0.2, 0.25) is 0 Å². The van der Waals surface area contributed by atoms with Gasteiger partial charge in [0.05, 0.1) is 4.87 Å². The number of fused-ring (bicyclic) bond motifs is 3. The topological polar surface area (TPSA) is 0 Å². The first-order chi connectivity index (χ1) is 7.68. The molecule has 0 radical (unpaired) electrons. The van der Waals surface area contributed by atoms with Gasteiger partial charge in [-0.2, -0.15) is 0 Å². The SMILES string of the molecule is ClC12CC1(Cl)C(Cl)(Cl)C(Cl)(Cl)C1CC=CC=C12. The van der Waals surface area contributed by atoms with Crippen LogP contribution in [0, 0.1) is 5.92 Å². The van der Waals surface area contributed by atoms with E-state index in [-0.39, 0.29) is 5.92 Å². The molecule has 0 aromatic carbocycles. The summed E-state index contributed by atoms with van der Waals surface area (Å²) < 4.78 is -2.82. The molecule has 0 bridgehead atoms. The molecule has 0 aromatic heterocycles. The lowest BCUT2D eigenvalue weighted by molar-refractivity contribution is 0.411. The number of halogens is 6. The Kier molecular flexibility index (Phi) is 2.68. The average Bonchev–Trinajstić information content (AvgIpc) is 2.84. The molecule has 0 spiro atoms. The van der Waals surface area contributed by atoms with Gasteiger partial charge >= 0.3 is 0 Å². The van der Waals surface area contributed by atoms with E-state index in [1.807, 2.05) is 18.2 Å². The van der Waals surface area contributed by atoms with Crippen LogP contribution in [0.4, 0.5) is 0 Å². The largest absolute Gasteiger partial charge is 0.172 e. The maximum absolute atomic E-state index is 6.55. The number of rotatable bonds is 0.